The van der Waals surface area contributed by atoms with Crippen LogP contribution in [0.15, 0.2) is 30.3 Å². The van der Waals surface area contributed by atoms with Gasteiger partial charge in [0.1, 0.15) is 5.82 Å². The van der Waals surface area contributed by atoms with E-state index in [1.54, 1.807) is 31.4 Å². The Labute approximate surface area is 126 Å². The number of methoxy groups -OCH3 is 1. The molecule has 21 heavy (non-hydrogen) atoms. The van der Waals surface area contributed by atoms with Gasteiger partial charge in [-0.25, -0.2) is 14.8 Å². The van der Waals surface area contributed by atoms with Crippen LogP contribution in [0.2, 0.25) is 5.02 Å². The number of rotatable bonds is 6. The average Bonchev–Trinajstić information content (AvgIpc) is 2.48. The lowest BCUT2D eigenvalue weighted by Crippen LogP contribution is -2.11. The van der Waals surface area contributed by atoms with Gasteiger partial charge in [0.05, 0.1) is 6.61 Å². The lowest BCUT2D eigenvalue weighted by atomic mass is 10.2. The summed E-state index contributed by atoms with van der Waals surface area (Å²) in [6, 6.07) is 8.26. The molecule has 110 valence electrons. The fourth-order valence-corrected chi connectivity index (χ4v) is 1.78. The fraction of sp³-hybridized carbons (Fsp3) is 0.214. The number of halogens is 1. The van der Waals surface area contributed by atoms with Gasteiger partial charge in [0.25, 0.3) is 0 Å². The maximum Gasteiger partial charge on any atom is 0.354 e. The molecule has 0 saturated heterocycles. The van der Waals surface area contributed by atoms with Crippen LogP contribution in [-0.2, 0) is 4.74 Å². The number of hydrogen-bond acceptors (Lipinski definition) is 5. The monoisotopic (exact) mass is 307 g/mol. The molecule has 0 radical (unpaired) electrons. The molecule has 1 heterocycles. The Bertz CT molecular complexity index is 632. The van der Waals surface area contributed by atoms with Gasteiger partial charge in [-0.2, -0.15) is 0 Å². The molecule has 2 aromatic rings. The molecule has 0 aliphatic heterocycles. The molecule has 0 spiro atoms. The van der Waals surface area contributed by atoms with Crippen LogP contribution in [-0.4, -0.2) is 41.3 Å². The molecule has 2 rings (SSSR count). The first kappa shape index (κ1) is 15.2. The highest BCUT2D eigenvalue weighted by Gasteiger charge is 2.11. The summed E-state index contributed by atoms with van der Waals surface area (Å²) in [6.07, 6.45) is 0. The SMILES string of the molecule is COCCNc1cc(C(=O)O)nc(-c2ccc(Cl)cc2)n1. The highest BCUT2D eigenvalue weighted by Crippen LogP contribution is 2.20. The Morgan fingerprint density at radius 2 is 2.05 bits per heavy atom. The lowest BCUT2D eigenvalue weighted by Gasteiger charge is -2.08. The Kier molecular flexibility index (Phi) is 5.08. The predicted octanol–water partition coefficient (Wildman–Crippen LogP) is 2.55. The minimum Gasteiger partial charge on any atom is -0.477 e. The fourth-order valence-electron chi connectivity index (χ4n) is 1.66. The molecule has 0 aliphatic carbocycles. The first-order valence-electron chi connectivity index (χ1n) is 6.21. The van der Waals surface area contributed by atoms with E-state index in [9.17, 15) is 4.79 Å². The quantitative estimate of drug-likeness (QED) is 0.798. The summed E-state index contributed by atoms with van der Waals surface area (Å²) in [4.78, 5) is 19.5. The van der Waals surface area contributed by atoms with Gasteiger partial charge in [-0.15, -0.1) is 0 Å². The van der Waals surface area contributed by atoms with Gasteiger partial charge in [0.15, 0.2) is 11.5 Å². The number of anilines is 1. The number of nitrogens with zero attached hydrogens (tertiary/aromatic N) is 2. The summed E-state index contributed by atoms with van der Waals surface area (Å²) in [5.41, 5.74) is 0.618. The van der Waals surface area contributed by atoms with Gasteiger partial charge in [-0.3, -0.25) is 0 Å². The van der Waals surface area contributed by atoms with Crippen molar-refractivity contribution < 1.29 is 14.6 Å². The highest BCUT2D eigenvalue weighted by atomic mass is 35.5. The maximum atomic E-state index is 11.2. The first-order chi connectivity index (χ1) is 10.1. The Hall–Kier alpha value is -2.18. The molecule has 0 bridgehead atoms. The Balaban J connectivity index is 2.35. The molecule has 0 fully saturated rings. The van der Waals surface area contributed by atoms with Gasteiger partial charge < -0.3 is 15.2 Å². The van der Waals surface area contributed by atoms with E-state index in [-0.39, 0.29) is 5.69 Å². The van der Waals surface area contributed by atoms with Gasteiger partial charge in [-0.1, -0.05) is 11.6 Å². The van der Waals surface area contributed by atoms with Crippen LogP contribution >= 0.6 is 11.6 Å². The van der Waals surface area contributed by atoms with E-state index in [2.05, 4.69) is 15.3 Å². The maximum absolute atomic E-state index is 11.2. The van der Waals surface area contributed by atoms with Crippen LogP contribution in [0.25, 0.3) is 11.4 Å². The van der Waals surface area contributed by atoms with Crippen molar-refractivity contribution in [1.82, 2.24) is 9.97 Å². The minimum absolute atomic E-state index is 0.0742. The van der Waals surface area contributed by atoms with E-state index in [1.165, 1.54) is 6.07 Å². The number of carboxylic acids is 1. The Morgan fingerprint density at radius 3 is 2.67 bits per heavy atom. The summed E-state index contributed by atoms with van der Waals surface area (Å²) < 4.78 is 4.93. The van der Waals surface area contributed by atoms with Crippen molar-refractivity contribution in [2.45, 2.75) is 0 Å². The van der Waals surface area contributed by atoms with E-state index in [0.29, 0.717) is 35.4 Å². The van der Waals surface area contributed by atoms with Crippen molar-refractivity contribution in [3.8, 4) is 11.4 Å². The summed E-state index contributed by atoms with van der Waals surface area (Å²) >= 11 is 5.84. The summed E-state index contributed by atoms with van der Waals surface area (Å²) in [6.45, 7) is 1.01. The molecule has 6 nitrogen and oxygen atoms in total. The zero-order chi connectivity index (χ0) is 15.2. The third-order valence-corrected chi connectivity index (χ3v) is 2.91. The lowest BCUT2D eigenvalue weighted by molar-refractivity contribution is 0.0690. The van der Waals surface area contributed by atoms with E-state index < -0.39 is 5.97 Å². The largest absolute Gasteiger partial charge is 0.477 e. The molecule has 1 aromatic carbocycles. The number of carboxylic acid groups (broad SMARTS) is 1. The number of nitrogens with one attached hydrogen (secondary N) is 1. The average molecular weight is 308 g/mol. The molecule has 0 unspecified atom stereocenters. The summed E-state index contributed by atoms with van der Waals surface area (Å²) in [7, 11) is 1.59. The number of benzene rings is 1. The van der Waals surface area contributed by atoms with Crippen LogP contribution in [0, 0.1) is 0 Å². The minimum atomic E-state index is -1.11. The molecule has 0 atom stereocenters. The normalized spacial score (nSPS) is 10.4. The summed E-state index contributed by atoms with van der Waals surface area (Å²) in [5, 5.41) is 12.7. The summed E-state index contributed by atoms with van der Waals surface area (Å²) in [5.74, 6) is -0.349. The molecular formula is C14H14ClN3O3. The third-order valence-electron chi connectivity index (χ3n) is 2.66. The van der Waals surface area contributed by atoms with E-state index >= 15 is 0 Å². The first-order valence-corrected chi connectivity index (χ1v) is 6.59. The van der Waals surface area contributed by atoms with E-state index in [0.717, 1.165) is 0 Å². The van der Waals surface area contributed by atoms with Crippen LogP contribution < -0.4 is 5.32 Å². The van der Waals surface area contributed by atoms with Gasteiger partial charge in [0.2, 0.25) is 0 Å². The van der Waals surface area contributed by atoms with Crippen molar-refractivity contribution in [2.75, 3.05) is 25.6 Å². The third kappa shape index (κ3) is 4.14. The second-order valence-electron chi connectivity index (χ2n) is 4.19. The molecule has 1 aromatic heterocycles. The standard InChI is InChI=1S/C14H14ClN3O3/c1-21-7-6-16-12-8-11(14(19)20)17-13(18-12)9-2-4-10(15)5-3-9/h2-5,8H,6-7H2,1H3,(H,19,20)(H,16,17,18). The molecule has 2 N–H and O–H groups in total. The highest BCUT2D eigenvalue weighted by molar-refractivity contribution is 6.30. The van der Waals surface area contributed by atoms with Crippen LogP contribution in [0.4, 0.5) is 5.82 Å². The van der Waals surface area contributed by atoms with E-state index in [4.69, 9.17) is 21.4 Å². The van der Waals surface area contributed by atoms with E-state index in [1.807, 2.05) is 0 Å². The number of aromatic nitrogens is 2. The smallest absolute Gasteiger partial charge is 0.354 e. The molecule has 0 saturated carbocycles. The van der Waals surface area contributed by atoms with Crippen molar-refractivity contribution in [1.29, 1.82) is 0 Å². The number of carbonyl (C=O) groups is 1. The zero-order valence-corrected chi connectivity index (χ0v) is 12.1. The van der Waals surface area contributed by atoms with Crippen LogP contribution in [0.1, 0.15) is 10.5 Å². The topological polar surface area (TPSA) is 84.3 Å². The van der Waals surface area contributed by atoms with Gasteiger partial charge in [0, 0.05) is 30.3 Å². The molecular weight excluding hydrogens is 294 g/mol. The Morgan fingerprint density at radius 1 is 1.33 bits per heavy atom. The number of aromatic carboxylic acids is 1. The van der Waals surface area contributed by atoms with Gasteiger partial charge >= 0.3 is 5.97 Å². The zero-order valence-electron chi connectivity index (χ0n) is 11.3. The second kappa shape index (κ2) is 7.01. The molecule has 0 aliphatic rings. The van der Waals surface area contributed by atoms with Crippen molar-refractivity contribution >= 4 is 23.4 Å². The predicted molar refractivity (Wildman–Crippen MR) is 79.8 cm³/mol. The second-order valence-corrected chi connectivity index (χ2v) is 4.63. The van der Waals surface area contributed by atoms with Crippen LogP contribution in [0.3, 0.4) is 0 Å². The molecule has 0 amide bonds. The number of ether oxygens (including phenoxy) is 1. The molecule has 7 heteroatoms. The van der Waals surface area contributed by atoms with Crippen molar-refractivity contribution in [2.24, 2.45) is 0 Å². The van der Waals surface area contributed by atoms with Crippen molar-refractivity contribution in [3.63, 3.8) is 0 Å². The van der Waals surface area contributed by atoms with Gasteiger partial charge in [-0.05, 0) is 24.3 Å². The number of hydrogen-bond donors (Lipinski definition) is 2. The van der Waals surface area contributed by atoms with Crippen LogP contribution in [0.5, 0.6) is 0 Å². The van der Waals surface area contributed by atoms with Crippen molar-refractivity contribution in [3.05, 3.63) is 41.0 Å².